The first-order valence-corrected chi connectivity index (χ1v) is 15.0. The van der Waals surface area contributed by atoms with E-state index in [0.29, 0.717) is 32.9 Å². The van der Waals surface area contributed by atoms with Crippen LogP contribution in [0.5, 0.6) is 0 Å². The van der Waals surface area contributed by atoms with Gasteiger partial charge in [-0.3, -0.25) is 4.79 Å². The maximum atomic E-state index is 13.6. The predicted molar refractivity (Wildman–Crippen MR) is 148 cm³/mol. The smallest absolute Gasteiger partial charge is 0.336 e. The molecule has 0 radical (unpaired) electrons. The molecule has 2 unspecified atom stereocenters. The Labute approximate surface area is 242 Å². The minimum atomic E-state index is -4.06. The van der Waals surface area contributed by atoms with Gasteiger partial charge in [0.2, 0.25) is 0 Å². The zero-order valence-electron chi connectivity index (χ0n) is 22.5. The molecule has 3 heterocycles. The summed E-state index contributed by atoms with van der Waals surface area (Å²) in [4.78, 5) is 39.7. The van der Waals surface area contributed by atoms with Gasteiger partial charge in [0.15, 0.2) is 0 Å². The molecule has 3 aliphatic rings. The van der Waals surface area contributed by atoms with Gasteiger partial charge >= 0.3 is 11.9 Å². The third kappa shape index (κ3) is 5.49. The second kappa shape index (κ2) is 11.7. The molecule has 1 amide bonds. The van der Waals surface area contributed by atoms with Crippen LogP contribution >= 0.6 is 11.6 Å². The summed E-state index contributed by atoms with van der Waals surface area (Å²) in [6.45, 7) is 3.30. The van der Waals surface area contributed by atoms with Gasteiger partial charge in [0, 0.05) is 23.0 Å². The number of sulfonamides is 1. The maximum Gasteiger partial charge on any atom is 0.336 e. The molecule has 10 nitrogen and oxygen atoms in total. The van der Waals surface area contributed by atoms with Gasteiger partial charge < -0.3 is 19.5 Å². The number of amides is 1. The molecular weight excluding hydrogens is 572 g/mol. The first kappa shape index (κ1) is 28.8. The molecule has 0 saturated carbocycles. The molecule has 0 bridgehead atoms. The highest BCUT2D eigenvalue weighted by Crippen LogP contribution is 2.42. The first-order chi connectivity index (χ1) is 19.6. The van der Waals surface area contributed by atoms with E-state index < -0.39 is 40.4 Å². The highest BCUT2D eigenvalue weighted by atomic mass is 35.5. The molecule has 5 rings (SSSR count). The van der Waals surface area contributed by atoms with Crippen LogP contribution < -0.4 is 5.32 Å². The molecule has 3 aliphatic heterocycles. The van der Waals surface area contributed by atoms with Crippen molar-refractivity contribution < 1.29 is 37.0 Å². The second-order valence-corrected chi connectivity index (χ2v) is 12.1. The topological polar surface area (TPSA) is 128 Å². The standard InChI is InChI=1S/C29H29ClN2O8S/c1-17-24(28(34)39-15-13-32-27(33)21-10-4-6-12-23(21)41(32,36)37)26(20-9-3-5-11-22(20)30)25(18(2)31-17)29(35)40-16-19-8-7-14-38-19/h3-6,9-12,19,26,31H,7-8,13-16H2,1-2H3. The van der Waals surface area contributed by atoms with Gasteiger partial charge in [-0.25, -0.2) is 22.3 Å². The third-order valence-corrected chi connectivity index (χ3v) is 9.46. The molecule has 0 aromatic heterocycles. The molecule has 2 atom stereocenters. The second-order valence-electron chi connectivity index (χ2n) is 9.90. The molecule has 2 aromatic rings. The van der Waals surface area contributed by atoms with Gasteiger partial charge in [0.1, 0.15) is 18.1 Å². The Hall–Kier alpha value is -3.67. The summed E-state index contributed by atoms with van der Waals surface area (Å²) in [6, 6.07) is 12.8. The van der Waals surface area contributed by atoms with E-state index in [1.807, 2.05) is 0 Å². The summed E-state index contributed by atoms with van der Waals surface area (Å²) in [6.07, 6.45) is 1.49. The molecule has 41 heavy (non-hydrogen) atoms. The molecule has 0 aliphatic carbocycles. The van der Waals surface area contributed by atoms with Crippen LogP contribution in [0.25, 0.3) is 0 Å². The Morgan fingerprint density at radius 1 is 1.02 bits per heavy atom. The number of benzene rings is 2. The fourth-order valence-corrected chi connectivity index (χ4v) is 7.13. The summed E-state index contributed by atoms with van der Waals surface area (Å²) in [5, 5.41) is 3.41. The molecule has 1 saturated heterocycles. The minimum absolute atomic E-state index is 0.0689. The number of hydrogen-bond acceptors (Lipinski definition) is 9. The van der Waals surface area contributed by atoms with Gasteiger partial charge in [-0.15, -0.1) is 0 Å². The van der Waals surface area contributed by atoms with Crippen molar-refractivity contribution in [2.45, 2.75) is 43.6 Å². The van der Waals surface area contributed by atoms with E-state index in [0.717, 1.165) is 12.8 Å². The monoisotopic (exact) mass is 600 g/mol. The van der Waals surface area contributed by atoms with E-state index >= 15 is 0 Å². The summed E-state index contributed by atoms with van der Waals surface area (Å²) < 4.78 is 43.1. The first-order valence-electron chi connectivity index (χ1n) is 13.2. The number of halogens is 1. The average Bonchev–Trinajstić information content (AvgIpc) is 3.53. The van der Waals surface area contributed by atoms with E-state index in [2.05, 4.69) is 5.32 Å². The third-order valence-electron chi connectivity index (χ3n) is 7.28. The van der Waals surface area contributed by atoms with Gasteiger partial charge in [0.25, 0.3) is 15.9 Å². The Morgan fingerprint density at radius 2 is 1.68 bits per heavy atom. The van der Waals surface area contributed by atoms with Crippen molar-refractivity contribution in [3.8, 4) is 0 Å². The highest BCUT2D eigenvalue weighted by Gasteiger charge is 2.42. The van der Waals surface area contributed by atoms with Crippen molar-refractivity contribution >= 4 is 39.5 Å². The molecule has 1 fully saturated rings. The number of carbonyl (C=O) groups is 3. The summed E-state index contributed by atoms with van der Waals surface area (Å²) in [5.41, 5.74) is 1.81. The number of dihydropyridines is 1. The maximum absolute atomic E-state index is 13.6. The van der Waals surface area contributed by atoms with Gasteiger partial charge in [-0.1, -0.05) is 41.9 Å². The van der Waals surface area contributed by atoms with E-state index in [1.165, 1.54) is 18.2 Å². The highest BCUT2D eigenvalue weighted by molar-refractivity contribution is 7.90. The lowest BCUT2D eigenvalue weighted by Gasteiger charge is -2.31. The predicted octanol–water partition coefficient (Wildman–Crippen LogP) is 3.68. The number of ether oxygens (including phenoxy) is 3. The lowest BCUT2D eigenvalue weighted by molar-refractivity contribution is -0.142. The molecule has 2 aromatic carbocycles. The Morgan fingerprint density at radius 3 is 2.34 bits per heavy atom. The number of allylic oxidation sites excluding steroid dienone is 2. The van der Waals surface area contributed by atoms with Crippen LogP contribution in [0.2, 0.25) is 5.02 Å². The number of rotatable bonds is 8. The van der Waals surface area contributed by atoms with Crippen LogP contribution in [0.1, 0.15) is 48.5 Å². The quantitative estimate of drug-likeness (QED) is 0.451. The zero-order chi connectivity index (χ0) is 29.3. The van der Waals surface area contributed by atoms with Crippen molar-refractivity contribution in [2.24, 2.45) is 0 Å². The van der Waals surface area contributed by atoms with Crippen LogP contribution in [0.4, 0.5) is 0 Å². The van der Waals surface area contributed by atoms with Crippen molar-refractivity contribution in [1.82, 2.24) is 9.62 Å². The molecule has 12 heteroatoms. The number of fused-ring (bicyclic) bond motifs is 1. The van der Waals surface area contributed by atoms with Crippen LogP contribution in [-0.2, 0) is 33.8 Å². The van der Waals surface area contributed by atoms with Crippen molar-refractivity contribution in [3.63, 3.8) is 0 Å². The van der Waals surface area contributed by atoms with Gasteiger partial charge in [0.05, 0.1) is 35.3 Å². The SMILES string of the molecule is CC1=C(C(=O)OCCN2C(=O)c3ccccc3S2(=O)=O)C(c2ccccc2Cl)C(C(=O)OCC2CCCO2)=C(C)N1. The van der Waals surface area contributed by atoms with Crippen LogP contribution in [0, 0.1) is 0 Å². The molecule has 216 valence electrons. The summed E-state index contributed by atoms with van der Waals surface area (Å²) in [5.74, 6) is -3.02. The van der Waals surface area contributed by atoms with Gasteiger partial charge in [-0.2, -0.15) is 0 Å². The van der Waals surface area contributed by atoms with E-state index in [9.17, 15) is 22.8 Å². The summed E-state index contributed by atoms with van der Waals surface area (Å²) >= 11 is 6.56. The van der Waals surface area contributed by atoms with E-state index in [4.69, 9.17) is 25.8 Å². The Bertz CT molecular complexity index is 1580. The van der Waals surface area contributed by atoms with Gasteiger partial charge in [-0.05, 0) is 50.5 Å². The fourth-order valence-electron chi connectivity index (χ4n) is 5.33. The van der Waals surface area contributed by atoms with Crippen LogP contribution in [0.15, 0.2) is 76.0 Å². The molecular formula is C29H29ClN2O8S. The average molecular weight is 601 g/mol. The number of esters is 2. The number of carbonyl (C=O) groups excluding carboxylic acids is 3. The molecule has 0 spiro atoms. The minimum Gasteiger partial charge on any atom is -0.460 e. The normalized spacial score (nSPS) is 21.5. The largest absolute Gasteiger partial charge is 0.460 e. The van der Waals surface area contributed by atoms with Crippen molar-refractivity contribution in [2.75, 3.05) is 26.4 Å². The Kier molecular flexibility index (Phi) is 8.21. The summed E-state index contributed by atoms with van der Waals surface area (Å²) in [7, 11) is -4.06. The molecule has 1 N–H and O–H groups in total. The number of hydrogen-bond donors (Lipinski definition) is 1. The lowest BCUT2D eigenvalue weighted by atomic mass is 9.80. The van der Waals surface area contributed by atoms with E-state index in [-0.39, 0.29) is 40.9 Å². The van der Waals surface area contributed by atoms with Crippen LogP contribution in [-0.4, -0.2) is 63.0 Å². The van der Waals surface area contributed by atoms with Crippen molar-refractivity contribution in [3.05, 3.63) is 87.2 Å². The van der Waals surface area contributed by atoms with E-state index in [1.54, 1.807) is 44.2 Å². The fraction of sp³-hybridized carbons (Fsp3) is 0.345. The van der Waals surface area contributed by atoms with Crippen molar-refractivity contribution in [1.29, 1.82) is 0 Å². The van der Waals surface area contributed by atoms with Crippen LogP contribution in [0.3, 0.4) is 0 Å². The number of nitrogens with one attached hydrogen (secondary N) is 1. The number of nitrogens with zero attached hydrogens (tertiary/aromatic N) is 1. The lowest BCUT2D eigenvalue weighted by Crippen LogP contribution is -2.36. The zero-order valence-corrected chi connectivity index (χ0v) is 24.1. The Balaban J connectivity index is 1.38.